The van der Waals surface area contributed by atoms with E-state index in [2.05, 4.69) is 19.1 Å². The summed E-state index contributed by atoms with van der Waals surface area (Å²) >= 11 is 0. The van der Waals surface area contributed by atoms with Gasteiger partial charge in [0.15, 0.2) is 0 Å². The Hall–Kier alpha value is -0.860. The summed E-state index contributed by atoms with van der Waals surface area (Å²) in [4.78, 5) is 0. The van der Waals surface area contributed by atoms with Crippen molar-refractivity contribution in [3.8, 4) is 0 Å². The van der Waals surface area contributed by atoms with E-state index in [-0.39, 0.29) is 0 Å². The van der Waals surface area contributed by atoms with Crippen molar-refractivity contribution in [3.63, 3.8) is 0 Å². The average molecular weight is 220 g/mol. The minimum atomic E-state index is -0.762. The Balaban J connectivity index is 2.21. The molecule has 1 aromatic rings. The fourth-order valence-corrected chi connectivity index (χ4v) is 2.31. The van der Waals surface area contributed by atoms with E-state index in [0.717, 1.165) is 37.9 Å². The van der Waals surface area contributed by atoms with Gasteiger partial charge in [-0.2, -0.15) is 0 Å². The number of benzene rings is 1. The molecule has 1 aromatic carbocycles. The second-order valence-electron chi connectivity index (χ2n) is 4.64. The predicted octanol–water partition coefficient (Wildman–Crippen LogP) is 2.64. The first-order valence-electron chi connectivity index (χ1n) is 6.14. The highest BCUT2D eigenvalue weighted by Crippen LogP contribution is 2.30. The maximum Gasteiger partial charge on any atom is 0.113 e. The van der Waals surface area contributed by atoms with Crippen molar-refractivity contribution >= 4 is 0 Å². The first kappa shape index (κ1) is 11.6. The largest absolute Gasteiger partial charge is 0.383 e. The number of aliphatic hydroxyl groups is 1. The van der Waals surface area contributed by atoms with Crippen molar-refractivity contribution < 1.29 is 9.84 Å². The first-order chi connectivity index (χ1) is 7.74. The predicted molar refractivity (Wildman–Crippen MR) is 64.4 cm³/mol. The molecule has 1 atom stereocenters. The highest BCUT2D eigenvalue weighted by Gasteiger charge is 2.31. The molecule has 88 valence electrons. The van der Waals surface area contributed by atoms with Crippen LogP contribution >= 0.6 is 0 Å². The molecule has 2 nitrogen and oxygen atoms in total. The van der Waals surface area contributed by atoms with Crippen LogP contribution in [0.1, 0.15) is 37.3 Å². The molecule has 1 heterocycles. The summed E-state index contributed by atoms with van der Waals surface area (Å²) in [5, 5.41) is 10.5. The highest BCUT2D eigenvalue weighted by atomic mass is 16.5. The minimum Gasteiger partial charge on any atom is -0.383 e. The van der Waals surface area contributed by atoms with Gasteiger partial charge in [-0.05, 0) is 30.4 Å². The Morgan fingerprint density at radius 2 is 2.31 bits per heavy atom. The first-order valence-corrected chi connectivity index (χ1v) is 6.14. The molecular weight excluding hydrogens is 200 g/mol. The lowest BCUT2D eigenvalue weighted by molar-refractivity contribution is -0.0903. The van der Waals surface area contributed by atoms with E-state index < -0.39 is 5.60 Å². The summed E-state index contributed by atoms with van der Waals surface area (Å²) in [5.74, 6) is 0. The topological polar surface area (TPSA) is 29.5 Å². The van der Waals surface area contributed by atoms with Crippen LogP contribution in [0.25, 0.3) is 0 Å². The van der Waals surface area contributed by atoms with E-state index >= 15 is 0 Å². The summed E-state index contributed by atoms with van der Waals surface area (Å²) in [6.45, 7) is 3.38. The molecule has 16 heavy (non-hydrogen) atoms. The van der Waals surface area contributed by atoms with E-state index in [1.807, 2.05) is 12.1 Å². The van der Waals surface area contributed by atoms with Crippen LogP contribution in [-0.2, 0) is 16.8 Å². The van der Waals surface area contributed by atoms with Gasteiger partial charge < -0.3 is 9.84 Å². The summed E-state index contributed by atoms with van der Waals surface area (Å²) in [7, 11) is 0. The Labute approximate surface area is 97.3 Å². The Kier molecular flexibility index (Phi) is 3.62. The van der Waals surface area contributed by atoms with Crippen LogP contribution in [0.2, 0.25) is 0 Å². The second kappa shape index (κ2) is 4.98. The van der Waals surface area contributed by atoms with Gasteiger partial charge in [-0.25, -0.2) is 0 Å². The number of hydrogen-bond acceptors (Lipinski definition) is 2. The van der Waals surface area contributed by atoms with Crippen molar-refractivity contribution in [2.75, 3.05) is 13.2 Å². The number of hydrogen-bond donors (Lipinski definition) is 1. The monoisotopic (exact) mass is 220 g/mol. The number of ether oxygens (including phenoxy) is 1. The third kappa shape index (κ3) is 2.45. The van der Waals surface area contributed by atoms with Gasteiger partial charge in [0.25, 0.3) is 0 Å². The molecule has 1 fully saturated rings. The van der Waals surface area contributed by atoms with Crippen LogP contribution in [0.4, 0.5) is 0 Å². The smallest absolute Gasteiger partial charge is 0.113 e. The van der Waals surface area contributed by atoms with Crippen LogP contribution in [0.5, 0.6) is 0 Å². The van der Waals surface area contributed by atoms with Gasteiger partial charge in [-0.1, -0.05) is 37.6 Å². The third-order valence-electron chi connectivity index (χ3n) is 3.22. The average Bonchev–Trinajstić information content (AvgIpc) is 2.31. The highest BCUT2D eigenvalue weighted by molar-refractivity contribution is 5.28. The molecule has 2 rings (SSSR count). The molecule has 0 amide bonds. The van der Waals surface area contributed by atoms with E-state index in [1.54, 1.807) is 0 Å². The zero-order valence-corrected chi connectivity index (χ0v) is 9.91. The van der Waals surface area contributed by atoms with Crippen molar-refractivity contribution in [1.29, 1.82) is 0 Å². The van der Waals surface area contributed by atoms with Crippen molar-refractivity contribution in [1.82, 2.24) is 0 Å². The summed E-state index contributed by atoms with van der Waals surface area (Å²) < 4.78 is 5.39. The van der Waals surface area contributed by atoms with Gasteiger partial charge >= 0.3 is 0 Å². The maximum absolute atomic E-state index is 10.5. The van der Waals surface area contributed by atoms with Gasteiger partial charge in [-0.3, -0.25) is 0 Å². The van der Waals surface area contributed by atoms with Gasteiger partial charge in [0.05, 0.1) is 6.61 Å². The van der Waals surface area contributed by atoms with E-state index in [0.29, 0.717) is 6.61 Å². The van der Waals surface area contributed by atoms with Crippen molar-refractivity contribution in [3.05, 3.63) is 35.4 Å². The van der Waals surface area contributed by atoms with Crippen LogP contribution < -0.4 is 0 Å². The van der Waals surface area contributed by atoms with Crippen LogP contribution in [-0.4, -0.2) is 18.3 Å². The molecule has 2 heteroatoms. The van der Waals surface area contributed by atoms with Crippen LogP contribution in [0.3, 0.4) is 0 Å². The van der Waals surface area contributed by atoms with E-state index in [1.165, 1.54) is 5.56 Å². The maximum atomic E-state index is 10.5. The zero-order valence-electron chi connectivity index (χ0n) is 9.91. The normalized spacial score (nSPS) is 25.6. The Bertz CT molecular complexity index is 340. The molecule has 1 aliphatic rings. The Morgan fingerprint density at radius 3 is 3.00 bits per heavy atom. The third-order valence-corrected chi connectivity index (χ3v) is 3.22. The van der Waals surface area contributed by atoms with Crippen LogP contribution in [0, 0.1) is 0 Å². The fraction of sp³-hybridized carbons (Fsp3) is 0.571. The molecule has 1 N–H and O–H groups in total. The lowest BCUT2D eigenvalue weighted by Crippen LogP contribution is -2.35. The lowest BCUT2D eigenvalue weighted by Gasteiger charge is -2.32. The van der Waals surface area contributed by atoms with E-state index in [9.17, 15) is 5.11 Å². The minimum absolute atomic E-state index is 0.433. The van der Waals surface area contributed by atoms with Crippen molar-refractivity contribution in [2.24, 2.45) is 0 Å². The molecule has 0 aromatic heterocycles. The molecule has 0 bridgehead atoms. The SMILES string of the molecule is CCCc1cccc(C2(O)CCCOC2)c1. The summed E-state index contributed by atoms with van der Waals surface area (Å²) in [6.07, 6.45) is 3.96. The molecule has 1 unspecified atom stereocenters. The molecule has 0 saturated carbocycles. The Morgan fingerprint density at radius 1 is 1.44 bits per heavy atom. The quantitative estimate of drug-likeness (QED) is 0.848. The summed E-state index contributed by atoms with van der Waals surface area (Å²) in [6, 6.07) is 8.29. The fourth-order valence-electron chi connectivity index (χ4n) is 2.31. The van der Waals surface area contributed by atoms with Gasteiger partial charge in [0, 0.05) is 6.61 Å². The number of aryl methyl sites for hydroxylation is 1. The zero-order chi connectivity index (χ0) is 11.4. The molecule has 0 radical (unpaired) electrons. The van der Waals surface area contributed by atoms with Gasteiger partial charge in [-0.15, -0.1) is 0 Å². The van der Waals surface area contributed by atoms with Crippen molar-refractivity contribution in [2.45, 2.75) is 38.2 Å². The molecule has 0 spiro atoms. The molecular formula is C14H20O2. The summed E-state index contributed by atoms with van der Waals surface area (Å²) in [5.41, 5.74) is 1.55. The lowest BCUT2D eigenvalue weighted by atomic mass is 9.87. The standard InChI is InChI=1S/C14H20O2/c1-2-5-12-6-3-7-13(10-12)14(15)8-4-9-16-11-14/h3,6-7,10,15H,2,4-5,8-9,11H2,1H3. The van der Waals surface area contributed by atoms with E-state index in [4.69, 9.17) is 4.74 Å². The van der Waals surface area contributed by atoms with Crippen LogP contribution in [0.15, 0.2) is 24.3 Å². The molecule has 1 saturated heterocycles. The second-order valence-corrected chi connectivity index (χ2v) is 4.64. The molecule has 0 aliphatic carbocycles. The van der Waals surface area contributed by atoms with Gasteiger partial charge in [0.1, 0.15) is 5.60 Å². The molecule has 1 aliphatic heterocycles. The van der Waals surface area contributed by atoms with Gasteiger partial charge in [0.2, 0.25) is 0 Å². The number of rotatable bonds is 3.